The zero-order valence-corrected chi connectivity index (χ0v) is 22.4. The second kappa shape index (κ2) is 8.62. The monoisotopic (exact) mass is 526 g/mol. The number of likely N-dealkylation sites (tertiary alicyclic amines) is 1. The number of hydrogen-bond acceptors (Lipinski definition) is 4. The second-order valence-electron chi connectivity index (χ2n) is 12.8. The standard InChI is InChI=1S/C31H35FN6O/c1-17-9-19(10-17)15-38-28-23(32)11-22(31(39)37-16-21-6-7-25(37)27(21)33)12-24(28)35-30(38)26-13-20-3-2-8-34-29(20)36(26)14-18-4-5-18/h2-3,8,11-13,17-19,21,25,27H,4-7,9-10,14-16,33H2,1H3/t17?,19?,21?,25?,27-/m1/s1. The van der Waals surface area contributed by atoms with E-state index in [-0.39, 0.29) is 23.8 Å². The molecule has 1 aromatic carbocycles. The van der Waals surface area contributed by atoms with E-state index in [1.807, 2.05) is 17.2 Å². The Morgan fingerprint density at radius 3 is 2.62 bits per heavy atom. The molecule has 0 spiro atoms. The molecule has 7 nitrogen and oxygen atoms in total. The summed E-state index contributed by atoms with van der Waals surface area (Å²) < 4.78 is 20.4. The lowest BCUT2D eigenvalue weighted by Gasteiger charge is -2.33. The highest BCUT2D eigenvalue weighted by Crippen LogP contribution is 2.41. The molecule has 4 aliphatic rings. The van der Waals surface area contributed by atoms with Gasteiger partial charge in [-0.25, -0.2) is 14.4 Å². The summed E-state index contributed by atoms with van der Waals surface area (Å²) in [5, 5.41) is 1.07. The van der Waals surface area contributed by atoms with Crippen LogP contribution in [0.3, 0.4) is 0 Å². The van der Waals surface area contributed by atoms with E-state index in [4.69, 9.17) is 15.7 Å². The predicted octanol–water partition coefficient (Wildman–Crippen LogP) is 5.21. The van der Waals surface area contributed by atoms with Crippen molar-refractivity contribution in [1.29, 1.82) is 0 Å². The van der Waals surface area contributed by atoms with E-state index in [9.17, 15) is 4.79 Å². The van der Waals surface area contributed by atoms with Crippen LogP contribution in [0.2, 0.25) is 0 Å². The number of imidazole rings is 1. The molecule has 4 fully saturated rings. The summed E-state index contributed by atoms with van der Waals surface area (Å²) in [5.41, 5.74) is 9.71. The lowest BCUT2D eigenvalue weighted by atomic mass is 9.76. The molecule has 0 radical (unpaired) electrons. The number of carbonyl (C=O) groups excluding carboxylic acids is 1. The van der Waals surface area contributed by atoms with Gasteiger partial charge in [-0.1, -0.05) is 6.92 Å². The summed E-state index contributed by atoms with van der Waals surface area (Å²) in [7, 11) is 0. The third kappa shape index (κ3) is 3.74. The second-order valence-corrected chi connectivity index (χ2v) is 12.8. The summed E-state index contributed by atoms with van der Waals surface area (Å²) in [6.07, 6.45) is 8.57. The maximum Gasteiger partial charge on any atom is 0.254 e. The summed E-state index contributed by atoms with van der Waals surface area (Å²) >= 11 is 0. The van der Waals surface area contributed by atoms with E-state index < -0.39 is 0 Å². The summed E-state index contributed by atoms with van der Waals surface area (Å²) in [6.45, 7) is 4.56. The van der Waals surface area contributed by atoms with Crippen LogP contribution in [-0.4, -0.2) is 48.5 Å². The van der Waals surface area contributed by atoms with Crippen LogP contribution in [-0.2, 0) is 13.1 Å². The molecule has 3 atom stereocenters. The largest absolute Gasteiger partial charge is 0.334 e. The number of piperidine rings is 1. The average molecular weight is 527 g/mol. The number of amides is 1. The van der Waals surface area contributed by atoms with Gasteiger partial charge in [0.05, 0.1) is 11.2 Å². The molecule has 202 valence electrons. The number of fused-ring (bicyclic) bond motifs is 4. The third-order valence-corrected chi connectivity index (χ3v) is 9.89. The minimum absolute atomic E-state index is 0.0280. The Hall–Kier alpha value is -3.26. The predicted molar refractivity (Wildman–Crippen MR) is 149 cm³/mol. The van der Waals surface area contributed by atoms with Crippen molar-refractivity contribution in [2.45, 2.75) is 70.6 Å². The van der Waals surface area contributed by atoms with E-state index >= 15 is 4.39 Å². The molecule has 1 saturated heterocycles. The minimum atomic E-state index is -0.376. The van der Waals surface area contributed by atoms with Crippen LogP contribution in [0.15, 0.2) is 36.5 Å². The van der Waals surface area contributed by atoms with Gasteiger partial charge in [0.1, 0.15) is 17.0 Å². The van der Waals surface area contributed by atoms with Crippen molar-refractivity contribution < 1.29 is 9.18 Å². The SMILES string of the molecule is CC1CC(Cn2c(-c3cc4cccnc4n3CC3CC3)nc3cc(C(=O)N4CC5CCC4[C@@H]5N)cc(F)c32)C1. The minimum Gasteiger partial charge on any atom is -0.334 e. The van der Waals surface area contributed by atoms with Crippen LogP contribution < -0.4 is 5.73 Å². The average Bonchev–Trinajstić information content (AvgIpc) is 3.26. The first-order valence-corrected chi connectivity index (χ1v) is 14.7. The van der Waals surface area contributed by atoms with Gasteiger partial charge >= 0.3 is 0 Å². The molecule has 39 heavy (non-hydrogen) atoms. The van der Waals surface area contributed by atoms with Crippen LogP contribution >= 0.6 is 0 Å². The Labute approximate surface area is 227 Å². The smallest absolute Gasteiger partial charge is 0.254 e. The zero-order chi connectivity index (χ0) is 26.4. The van der Waals surface area contributed by atoms with Gasteiger partial charge in [0.2, 0.25) is 0 Å². The number of nitrogens with zero attached hydrogens (tertiary/aromatic N) is 5. The van der Waals surface area contributed by atoms with Gasteiger partial charge in [-0.05, 0) is 92.5 Å². The van der Waals surface area contributed by atoms with Gasteiger partial charge < -0.3 is 19.8 Å². The van der Waals surface area contributed by atoms with E-state index in [0.29, 0.717) is 46.8 Å². The molecular formula is C31H35FN6O. The fourth-order valence-electron chi connectivity index (χ4n) is 7.65. The van der Waals surface area contributed by atoms with Crippen LogP contribution in [0.4, 0.5) is 4.39 Å². The molecule has 1 amide bonds. The fourth-order valence-corrected chi connectivity index (χ4v) is 7.65. The molecule has 1 aliphatic heterocycles. The highest BCUT2D eigenvalue weighted by molar-refractivity contribution is 5.98. The molecule has 2 unspecified atom stereocenters. The van der Waals surface area contributed by atoms with Crippen molar-refractivity contribution in [3.05, 3.63) is 47.9 Å². The van der Waals surface area contributed by atoms with Gasteiger partial charge in [-0.3, -0.25) is 4.79 Å². The Bertz CT molecular complexity index is 1610. The van der Waals surface area contributed by atoms with Gasteiger partial charge in [-0.2, -0.15) is 0 Å². The summed E-state index contributed by atoms with van der Waals surface area (Å²) in [4.78, 5) is 25.2. The van der Waals surface area contributed by atoms with Crippen molar-refractivity contribution in [1.82, 2.24) is 24.0 Å². The van der Waals surface area contributed by atoms with Crippen molar-refractivity contribution >= 4 is 28.0 Å². The molecule has 8 heteroatoms. The molecule has 2 bridgehead atoms. The summed E-state index contributed by atoms with van der Waals surface area (Å²) in [6, 6.07) is 9.50. The Morgan fingerprint density at radius 1 is 1.08 bits per heavy atom. The molecular weight excluding hydrogens is 491 g/mol. The van der Waals surface area contributed by atoms with Crippen molar-refractivity contribution in [2.75, 3.05) is 6.54 Å². The maximum atomic E-state index is 16.0. The zero-order valence-electron chi connectivity index (χ0n) is 22.4. The Morgan fingerprint density at radius 2 is 1.90 bits per heavy atom. The van der Waals surface area contributed by atoms with Crippen molar-refractivity contribution in [2.24, 2.45) is 29.4 Å². The lowest BCUT2D eigenvalue weighted by Crippen LogP contribution is -2.41. The highest BCUT2D eigenvalue weighted by Gasteiger charge is 2.47. The number of nitrogens with two attached hydrogens (primary N) is 1. The summed E-state index contributed by atoms with van der Waals surface area (Å²) in [5.74, 6) is 2.47. The number of pyridine rings is 1. The molecule has 8 rings (SSSR count). The number of aromatic nitrogens is 4. The van der Waals surface area contributed by atoms with Crippen LogP contribution in [0.1, 0.15) is 55.8 Å². The quantitative estimate of drug-likeness (QED) is 0.374. The number of benzene rings is 1. The molecule has 3 aromatic heterocycles. The number of rotatable bonds is 6. The van der Waals surface area contributed by atoms with E-state index in [0.717, 1.165) is 61.3 Å². The van der Waals surface area contributed by atoms with Gasteiger partial charge in [-0.15, -0.1) is 0 Å². The first-order valence-electron chi connectivity index (χ1n) is 14.7. The number of carbonyl (C=O) groups is 1. The van der Waals surface area contributed by atoms with Gasteiger partial charge in [0, 0.05) is 48.9 Å². The molecule has 3 aliphatic carbocycles. The van der Waals surface area contributed by atoms with Gasteiger partial charge in [0.15, 0.2) is 5.82 Å². The Balaban J connectivity index is 1.26. The molecule has 4 aromatic rings. The van der Waals surface area contributed by atoms with Crippen molar-refractivity contribution in [3.63, 3.8) is 0 Å². The van der Waals surface area contributed by atoms with Crippen LogP contribution in [0, 0.1) is 29.5 Å². The van der Waals surface area contributed by atoms with Crippen LogP contribution in [0.25, 0.3) is 33.6 Å². The number of hydrogen-bond donors (Lipinski definition) is 1. The molecule has 4 heterocycles. The third-order valence-electron chi connectivity index (χ3n) is 9.89. The number of halogens is 1. The van der Waals surface area contributed by atoms with E-state index in [1.54, 1.807) is 6.07 Å². The normalized spacial score (nSPS) is 28.1. The van der Waals surface area contributed by atoms with Gasteiger partial charge in [0.25, 0.3) is 5.91 Å². The lowest BCUT2D eigenvalue weighted by molar-refractivity contribution is 0.0700. The first-order chi connectivity index (χ1) is 18.9. The highest BCUT2D eigenvalue weighted by atomic mass is 19.1. The van der Waals surface area contributed by atoms with E-state index in [1.165, 1.54) is 18.9 Å². The van der Waals surface area contributed by atoms with E-state index in [2.05, 4.69) is 28.2 Å². The fraction of sp³-hybridized carbons (Fsp3) is 0.516. The molecule has 3 saturated carbocycles. The molecule has 2 N–H and O–H groups in total. The maximum absolute atomic E-state index is 16.0. The van der Waals surface area contributed by atoms with Crippen molar-refractivity contribution in [3.8, 4) is 11.5 Å². The first kappa shape index (κ1) is 23.6. The topological polar surface area (TPSA) is 82.0 Å². The van der Waals surface area contributed by atoms with Crippen LogP contribution in [0.5, 0.6) is 0 Å². The Kier molecular flexibility index (Phi) is 5.22.